The van der Waals surface area contributed by atoms with Crippen molar-refractivity contribution in [3.8, 4) is 0 Å². The highest BCUT2D eigenvalue weighted by Crippen LogP contribution is 2.17. The first-order chi connectivity index (χ1) is 14.8. The molecule has 1 N–H and O–H groups in total. The molecule has 31 heavy (non-hydrogen) atoms. The number of carbonyl (C=O) groups is 2. The van der Waals surface area contributed by atoms with Gasteiger partial charge in [-0.1, -0.05) is 75.4 Å². The number of hydrogen-bond donors (Lipinski definition) is 1. The first-order valence-corrected chi connectivity index (χ1v) is 11.5. The summed E-state index contributed by atoms with van der Waals surface area (Å²) in [6, 6.07) is 18.2. The van der Waals surface area contributed by atoms with Crippen molar-refractivity contribution < 1.29 is 9.59 Å². The number of rotatable bonds is 11. The van der Waals surface area contributed by atoms with E-state index < -0.39 is 6.04 Å². The molecule has 1 atom stereocenters. The molecule has 0 aliphatic rings. The number of amides is 2. The molecule has 168 valence electrons. The van der Waals surface area contributed by atoms with E-state index in [1.165, 1.54) is 11.1 Å². The average Bonchev–Trinajstić information content (AvgIpc) is 2.75. The van der Waals surface area contributed by atoms with Gasteiger partial charge in [0.05, 0.1) is 0 Å². The summed E-state index contributed by atoms with van der Waals surface area (Å²) in [5, 5.41) is 2.99. The average molecular weight is 423 g/mol. The Balaban J connectivity index is 2.10. The molecule has 0 fully saturated rings. The molecule has 0 aliphatic carbocycles. The van der Waals surface area contributed by atoms with E-state index in [1.54, 1.807) is 4.90 Å². The van der Waals surface area contributed by atoms with Crippen LogP contribution in [0, 0.1) is 0 Å². The van der Waals surface area contributed by atoms with Gasteiger partial charge in [-0.05, 0) is 55.7 Å². The van der Waals surface area contributed by atoms with Crippen molar-refractivity contribution in [2.75, 3.05) is 6.54 Å². The van der Waals surface area contributed by atoms with E-state index in [0.29, 0.717) is 31.7 Å². The second kappa shape index (κ2) is 12.3. The smallest absolute Gasteiger partial charge is 0.242 e. The van der Waals surface area contributed by atoms with Gasteiger partial charge in [0.25, 0.3) is 0 Å². The number of nitrogens with zero attached hydrogens (tertiary/aromatic N) is 1. The monoisotopic (exact) mass is 422 g/mol. The van der Waals surface area contributed by atoms with E-state index in [1.807, 2.05) is 39.0 Å². The van der Waals surface area contributed by atoms with Gasteiger partial charge in [0.15, 0.2) is 0 Å². The zero-order chi connectivity index (χ0) is 22.8. The number of benzene rings is 2. The molecule has 0 unspecified atom stereocenters. The second-order valence-electron chi connectivity index (χ2n) is 8.81. The van der Waals surface area contributed by atoms with Crippen LogP contribution in [0.2, 0.25) is 0 Å². The lowest BCUT2D eigenvalue weighted by Crippen LogP contribution is -2.51. The van der Waals surface area contributed by atoms with Crippen molar-refractivity contribution in [1.82, 2.24) is 10.2 Å². The predicted octanol–water partition coefficient (Wildman–Crippen LogP) is 5.12. The van der Waals surface area contributed by atoms with Crippen LogP contribution < -0.4 is 5.32 Å². The third kappa shape index (κ3) is 7.86. The van der Waals surface area contributed by atoms with E-state index in [0.717, 1.165) is 12.0 Å². The standard InChI is InChI=1S/C27H38N2O2/c1-6-25(27(31)28-21(4)5)29(19-18-22-10-8-7-9-11-22)26(30)17-14-23-12-15-24(16-13-23)20(2)3/h7-13,15-16,20-21,25H,6,14,17-19H2,1-5H3,(H,28,31)/t25-/m1/s1. The molecule has 2 rings (SSSR count). The summed E-state index contributed by atoms with van der Waals surface area (Å²) in [4.78, 5) is 27.8. The fourth-order valence-electron chi connectivity index (χ4n) is 3.74. The Labute approximate surface area is 188 Å². The van der Waals surface area contributed by atoms with Crippen molar-refractivity contribution in [2.45, 2.75) is 78.3 Å². The van der Waals surface area contributed by atoms with E-state index >= 15 is 0 Å². The van der Waals surface area contributed by atoms with Gasteiger partial charge in [-0.2, -0.15) is 0 Å². The highest BCUT2D eigenvalue weighted by atomic mass is 16.2. The summed E-state index contributed by atoms with van der Waals surface area (Å²) in [5.74, 6) is 0.462. The van der Waals surface area contributed by atoms with Gasteiger partial charge in [-0.15, -0.1) is 0 Å². The van der Waals surface area contributed by atoms with Crippen molar-refractivity contribution in [3.05, 3.63) is 71.3 Å². The molecule has 0 saturated heterocycles. The lowest BCUT2D eigenvalue weighted by molar-refractivity contribution is -0.140. The Morgan fingerprint density at radius 2 is 1.48 bits per heavy atom. The van der Waals surface area contributed by atoms with Crippen LogP contribution in [0.4, 0.5) is 0 Å². The highest BCUT2D eigenvalue weighted by Gasteiger charge is 2.28. The summed E-state index contributed by atoms with van der Waals surface area (Å²) >= 11 is 0. The lowest BCUT2D eigenvalue weighted by Gasteiger charge is -2.31. The van der Waals surface area contributed by atoms with Gasteiger partial charge in [0.1, 0.15) is 6.04 Å². The van der Waals surface area contributed by atoms with Gasteiger partial charge >= 0.3 is 0 Å². The largest absolute Gasteiger partial charge is 0.352 e. The fourth-order valence-corrected chi connectivity index (χ4v) is 3.74. The zero-order valence-electron chi connectivity index (χ0n) is 19.7. The molecule has 2 amide bonds. The molecule has 0 bridgehead atoms. The number of hydrogen-bond acceptors (Lipinski definition) is 2. The lowest BCUT2D eigenvalue weighted by atomic mass is 10.00. The van der Waals surface area contributed by atoms with Crippen LogP contribution in [0.3, 0.4) is 0 Å². The van der Waals surface area contributed by atoms with Crippen LogP contribution in [-0.2, 0) is 22.4 Å². The Bertz CT molecular complexity index is 813. The third-order valence-electron chi connectivity index (χ3n) is 5.57. The molecule has 0 aliphatic heterocycles. The van der Waals surface area contributed by atoms with Gasteiger partial charge in [-0.25, -0.2) is 0 Å². The summed E-state index contributed by atoms with van der Waals surface area (Å²) in [6.07, 6.45) is 2.42. The van der Waals surface area contributed by atoms with Crippen molar-refractivity contribution in [2.24, 2.45) is 0 Å². The maximum Gasteiger partial charge on any atom is 0.242 e. The Morgan fingerprint density at radius 3 is 2.03 bits per heavy atom. The van der Waals surface area contributed by atoms with Gasteiger partial charge in [-0.3, -0.25) is 9.59 Å². The van der Waals surface area contributed by atoms with Crippen molar-refractivity contribution >= 4 is 11.8 Å². The summed E-state index contributed by atoms with van der Waals surface area (Å²) in [7, 11) is 0. The summed E-state index contributed by atoms with van der Waals surface area (Å²) in [6.45, 7) is 10.8. The highest BCUT2D eigenvalue weighted by molar-refractivity contribution is 5.87. The quantitative estimate of drug-likeness (QED) is 0.547. The molecular weight excluding hydrogens is 384 g/mol. The molecular formula is C27H38N2O2. The third-order valence-corrected chi connectivity index (χ3v) is 5.57. The molecule has 2 aromatic rings. The topological polar surface area (TPSA) is 49.4 Å². The Kier molecular flexibility index (Phi) is 9.77. The van der Waals surface area contributed by atoms with Crippen molar-refractivity contribution in [1.29, 1.82) is 0 Å². The van der Waals surface area contributed by atoms with E-state index in [2.05, 4.69) is 55.6 Å². The molecule has 2 aromatic carbocycles. The molecule has 0 spiro atoms. The van der Waals surface area contributed by atoms with Crippen LogP contribution in [-0.4, -0.2) is 35.3 Å². The summed E-state index contributed by atoms with van der Waals surface area (Å²) < 4.78 is 0. The molecule has 4 nitrogen and oxygen atoms in total. The second-order valence-corrected chi connectivity index (χ2v) is 8.81. The fraction of sp³-hybridized carbons (Fsp3) is 0.481. The first-order valence-electron chi connectivity index (χ1n) is 11.5. The van der Waals surface area contributed by atoms with E-state index in [9.17, 15) is 9.59 Å². The number of carbonyl (C=O) groups excluding carboxylic acids is 2. The van der Waals surface area contributed by atoms with Crippen LogP contribution in [0.25, 0.3) is 0 Å². The van der Waals surface area contributed by atoms with E-state index in [4.69, 9.17) is 0 Å². The first kappa shape index (κ1) is 24.6. The van der Waals surface area contributed by atoms with Crippen LogP contribution in [0.5, 0.6) is 0 Å². The SMILES string of the molecule is CC[C@H](C(=O)NC(C)C)N(CCc1ccccc1)C(=O)CCc1ccc(C(C)C)cc1. The van der Waals surface area contributed by atoms with Crippen LogP contribution in [0.1, 0.15) is 70.1 Å². The molecule has 0 heterocycles. The molecule has 0 radical (unpaired) electrons. The van der Waals surface area contributed by atoms with E-state index in [-0.39, 0.29) is 17.9 Å². The van der Waals surface area contributed by atoms with Crippen LogP contribution >= 0.6 is 0 Å². The maximum atomic E-state index is 13.2. The number of nitrogens with one attached hydrogen (secondary N) is 1. The molecule has 0 aromatic heterocycles. The minimum atomic E-state index is -0.443. The molecule has 0 saturated carbocycles. The Morgan fingerprint density at radius 1 is 0.871 bits per heavy atom. The molecule has 4 heteroatoms. The maximum absolute atomic E-state index is 13.2. The zero-order valence-corrected chi connectivity index (χ0v) is 19.7. The van der Waals surface area contributed by atoms with Gasteiger partial charge < -0.3 is 10.2 Å². The minimum Gasteiger partial charge on any atom is -0.352 e. The predicted molar refractivity (Wildman–Crippen MR) is 128 cm³/mol. The van der Waals surface area contributed by atoms with Gasteiger partial charge in [0.2, 0.25) is 11.8 Å². The van der Waals surface area contributed by atoms with Gasteiger partial charge in [0, 0.05) is 19.0 Å². The number of aryl methyl sites for hydroxylation is 1. The van der Waals surface area contributed by atoms with Crippen molar-refractivity contribution in [3.63, 3.8) is 0 Å². The summed E-state index contributed by atoms with van der Waals surface area (Å²) in [5.41, 5.74) is 3.63. The Hall–Kier alpha value is -2.62. The normalized spacial score (nSPS) is 12.1. The minimum absolute atomic E-state index is 0.0367. The van der Waals surface area contributed by atoms with Crippen LogP contribution in [0.15, 0.2) is 54.6 Å².